The van der Waals surface area contributed by atoms with Gasteiger partial charge in [-0.05, 0) is 46.6 Å². The monoisotopic (exact) mass is 387 g/mol. The Kier molecular flexibility index (Phi) is 4.65. The molecular formula is C13H15Br2N3O. The largest absolute Gasteiger partial charge is 0.497 e. The average Bonchev–Trinajstić information content (AvgIpc) is 2.79. The molecule has 1 aromatic carbocycles. The number of rotatable bonds is 4. The molecule has 0 aliphatic heterocycles. The van der Waals surface area contributed by atoms with Crippen LogP contribution < -0.4 is 10.5 Å². The Hall–Kier alpha value is -0.850. The quantitative estimate of drug-likeness (QED) is 0.872. The molecule has 19 heavy (non-hydrogen) atoms. The van der Waals surface area contributed by atoms with Crippen molar-refractivity contribution < 1.29 is 4.74 Å². The van der Waals surface area contributed by atoms with E-state index in [1.54, 1.807) is 13.3 Å². The fourth-order valence-electron chi connectivity index (χ4n) is 1.97. The predicted octanol–water partition coefficient (Wildman–Crippen LogP) is 3.48. The summed E-state index contributed by atoms with van der Waals surface area (Å²) in [5.74, 6) is 0.785. The highest BCUT2D eigenvalue weighted by Gasteiger charge is 2.20. The molecule has 4 nitrogen and oxygen atoms in total. The molecule has 1 aromatic heterocycles. The lowest BCUT2D eigenvalue weighted by Crippen LogP contribution is -2.18. The van der Waals surface area contributed by atoms with Crippen molar-refractivity contribution in [2.75, 3.05) is 7.11 Å². The molecule has 6 heteroatoms. The molecular weight excluding hydrogens is 374 g/mol. The van der Waals surface area contributed by atoms with Crippen LogP contribution >= 0.6 is 31.9 Å². The molecule has 0 saturated carbocycles. The van der Waals surface area contributed by atoms with Gasteiger partial charge in [0.2, 0.25) is 0 Å². The van der Waals surface area contributed by atoms with Crippen LogP contribution in [0.3, 0.4) is 0 Å². The van der Waals surface area contributed by atoms with Gasteiger partial charge < -0.3 is 10.5 Å². The van der Waals surface area contributed by atoms with Crippen molar-refractivity contribution in [2.24, 2.45) is 5.73 Å². The molecule has 0 bridgehead atoms. The lowest BCUT2D eigenvalue weighted by molar-refractivity contribution is 0.414. The summed E-state index contributed by atoms with van der Waals surface area (Å²) in [4.78, 5) is 0. The summed E-state index contributed by atoms with van der Waals surface area (Å²) in [5, 5.41) is 4.30. The third-order valence-electron chi connectivity index (χ3n) is 2.97. The minimum absolute atomic E-state index is 0.277. The molecule has 1 atom stereocenters. The van der Waals surface area contributed by atoms with Gasteiger partial charge in [0.15, 0.2) is 0 Å². The maximum absolute atomic E-state index is 6.39. The van der Waals surface area contributed by atoms with Gasteiger partial charge in [0.25, 0.3) is 0 Å². The lowest BCUT2D eigenvalue weighted by Gasteiger charge is -2.17. The van der Waals surface area contributed by atoms with E-state index in [-0.39, 0.29) is 6.04 Å². The second-order valence-electron chi connectivity index (χ2n) is 4.06. The standard InChI is InChI=1S/C13H15Br2N3O/c1-3-18-13(11(15)7-17-18)12(16)9-6-8(19-2)4-5-10(9)14/h4-7,12H,3,16H2,1-2H3. The number of halogens is 2. The smallest absolute Gasteiger partial charge is 0.119 e. The first kappa shape index (κ1) is 14.6. The zero-order valence-electron chi connectivity index (χ0n) is 10.7. The highest BCUT2D eigenvalue weighted by Crippen LogP contribution is 2.33. The molecule has 0 aliphatic rings. The molecule has 0 amide bonds. The number of methoxy groups -OCH3 is 1. The van der Waals surface area contributed by atoms with E-state index in [1.165, 1.54) is 0 Å². The minimum Gasteiger partial charge on any atom is -0.497 e. The van der Waals surface area contributed by atoms with Crippen LogP contribution in [0.25, 0.3) is 0 Å². The SMILES string of the molecule is CCn1ncc(Br)c1C(N)c1cc(OC)ccc1Br. The van der Waals surface area contributed by atoms with E-state index in [9.17, 15) is 0 Å². The Balaban J connectivity index is 2.49. The third kappa shape index (κ3) is 2.85. The molecule has 0 spiro atoms. The van der Waals surface area contributed by atoms with E-state index in [1.807, 2.05) is 29.8 Å². The first-order valence-electron chi connectivity index (χ1n) is 5.88. The van der Waals surface area contributed by atoms with Crippen molar-refractivity contribution in [1.29, 1.82) is 0 Å². The van der Waals surface area contributed by atoms with Crippen molar-refractivity contribution in [3.63, 3.8) is 0 Å². The Bertz CT molecular complexity index is 583. The van der Waals surface area contributed by atoms with E-state index in [4.69, 9.17) is 10.5 Å². The average molecular weight is 389 g/mol. The van der Waals surface area contributed by atoms with Crippen LogP contribution in [-0.4, -0.2) is 16.9 Å². The summed E-state index contributed by atoms with van der Waals surface area (Å²) < 4.78 is 9.01. The fraction of sp³-hybridized carbons (Fsp3) is 0.308. The van der Waals surface area contributed by atoms with Crippen LogP contribution in [0, 0.1) is 0 Å². The Labute approximate surface area is 129 Å². The zero-order valence-corrected chi connectivity index (χ0v) is 13.9. The molecule has 1 unspecified atom stereocenters. The lowest BCUT2D eigenvalue weighted by atomic mass is 10.0. The maximum atomic E-state index is 6.39. The van der Waals surface area contributed by atoms with Crippen molar-refractivity contribution in [2.45, 2.75) is 19.5 Å². The van der Waals surface area contributed by atoms with Crippen molar-refractivity contribution in [3.05, 3.63) is 44.6 Å². The van der Waals surface area contributed by atoms with Crippen LogP contribution in [0.2, 0.25) is 0 Å². The van der Waals surface area contributed by atoms with Gasteiger partial charge in [0.05, 0.1) is 29.5 Å². The highest BCUT2D eigenvalue weighted by molar-refractivity contribution is 9.10. The Morgan fingerprint density at radius 3 is 2.74 bits per heavy atom. The van der Waals surface area contributed by atoms with Gasteiger partial charge in [-0.3, -0.25) is 4.68 Å². The van der Waals surface area contributed by atoms with Crippen LogP contribution in [0.5, 0.6) is 5.75 Å². The van der Waals surface area contributed by atoms with Crippen molar-refractivity contribution >= 4 is 31.9 Å². The van der Waals surface area contributed by atoms with Gasteiger partial charge in [-0.2, -0.15) is 5.10 Å². The van der Waals surface area contributed by atoms with Crippen LogP contribution in [-0.2, 0) is 6.54 Å². The number of benzene rings is 1. The summed E-state index contributed by atoms with van der Waals surface area (Å²) in [7, 11) is 1.64. The molecule has 102 valence electrons. The van der Waals surface area contributed by atoms with Gasteiger partial charge in [-0.15, -0.1) is 0 Å². The molecule has 0 saturated heterocycles. The van der Waals surface area contributed by atoms with E-state index in [0.717, 1.165) is 32.5 Å². The van der Waals surface area contributed by atoms with Crippen molar-refractivity contribution in [1.82, 2.24) is 9.78 Å². The normalized spacial score (nSPS) is 12.5. The Morgan fingerprint density at radius 2 is 2.11 bits per heavy atom. The van der Waals surface area contributed by atoms with Gasteiger partial charge in [-0.25, -0.2) is 0 Å². The molecule has 1 heterocycles. The summed E-state index contributed by atoms with van der Waals surface area (Å²) in [6, 6.07) is 5.50. The number of aryl methyl sites for hydroxylation is 1. The first-order chi connectivity index (χ1) is 9.08. The third-order valence-corrected chi connectivity index (χ3v) is 4.30. The molecule has 0 aliphatic carbocycles. The number of hydrogen-bond acceptors (Lipinski definition) is 3. The van der Waals surface area contributed by atoms with Crippen LogP contribution in [0.15, 0.2) is 33.3 Å². The molecule has 0 fully saturated rings. The number of ether oxygens (including phenoxy) is 1. The number of nitrogens with two attached hydrogens (primary N) is 1. The van der Waals surface area contributed by atoms with Crippen LogP contribution in [0.4, 0.5) is 0 Å². The summed E-state index contributed by atoms with van der Waals surface area (Å²) in [6.07, 6.45) is 1.77. The first-order valence-corrected chi connectivity index (χ1v) is 7.47. The van der Waals surface area contributed by atoms with Crippen LogP contribution in [0.1, 0.15) is 24.2 Å². The number of hydrogen-bond donors (Lipinski definition) is 1. The summed E-state index contributed by atoms with van der Waals surface area (Å²) in [5.41, 5.74) is 8.31. The second kappa shape index (κ2) is 6.07. The van der Waals surface area contributed by atoms with Gasteiger partial charge in [0.1, 0.15) is 5.75 Å². The topological polar surface area (TPSA) is 53.1 Å². The highest BCUT2D eigenvalue weighted by atomic mass is 79.9. The van der Waals surface area contributed by atoms with E-state index in [2.05, 4.69) is 37.0 Å². The minimum atomic E-state index is -0.277. The Morgan fingerprint density at radius 1 is 1.37 bits per heavy atom. The van der Waals surface area contributed by atoms with E-state index >= 15 is 0 Å². The van der Waals surface area contributed by atoms with Gasteiger partial charge in [-0.1, -0.05) is 15.9 Å². The zero-order chi connectivity index (χ0) is 14.0. The molecule has 0 radical (unpaired) electrons. The van der Waals surface area contributed by atoms with Gasteiger partial charge >= 0.3 is 0 Å². The number of nitrogens with zero attached hydrogens (tertiary/aromatic N) is 2. The van der Waals surface area contributed by atoms with Gasteiger partial charge in [0, 0.05) is 11.0 Å². The molecule has 2 aromatic rings. The number of aromatic nitrogens is 2. The van der Waals surface area contributed by atoms with E-state index < -0.39 is 0 Å². The predicted molar refractivity (Wildman–Crippen MR) is 82.3 cm³/mol. The summed E-state index contributed by atoms with van der Waals surface area (Å²) >= 11 is 7.04. The van der Waals surface area contributed by atoms with Crippen molar-refractivity contribution in [3.8, 4) is 5.75 Å². The molecule has 2 N–H and O–H groups in total. The fourth-order valence-corrected chi connectivity index (χ4v) is 3.00. The maximum Gasteiger partial charge on any atom is 0.119 e. The molecule has 2 rings (SSSR count). The van der Waals surface area contributed by atoms with E-state index in [0.29, 0.717) is 0 Å². The summed E-state index contributed by atoms with van der Waals surface area (Å²) in [6.45, 7) is 2.81. The second-order valence-corrected chi connectivity index (χ2v) is 5.77.